The van der Waals surface area contributed by atoms with Crippen LogP contribution in [0.3, 0.4) is 0 Å². The number of amides is 1. The van der Waals surface area contributed by atoms with Crippen LogP contribution in [-0.4, -0.2) is 44.0 Å². The van der Waals surface area contributed by atoms with E-state index >= 15 is 0 Å². The molecule has 0 unspecified atom stereocenters. The Kier molecular flexibility index (Phi) is 4.35. The van der Waals surface area contributed by atoms with Gasteiger partial charge in [0.05, 0.1) is 0 Å². The van der Waals surface area contributed by atoms with E-state index < -0.39 is 0 Å². The summed E-state index contributed by atoms with van der Waals surface area (Å²) in [6.45, 7) is 1.80. The molecule has 1 amide bonds. The fourth-order valence-electron chi connectivity index (χ4n) is 1.63. The summed E-state index contributed by atoms with van der Waals surface area (Å²) in [4.78, 5) is 13.6. The summed E-state index contributed by atoms with van der Waals surface area (Å²) < 4.78 is 0. The molecule has 82 valence electrons. The Bertz CT molecular complexity index is 188. The summed E-state index contributed by atoms with van der Waals surface area (Å²) in [7, 11) is 4.07. The average molecular weight is 199 g/mol. The van der Waals surface area contributed by atoms with Crippen LogP contribution < -0.4 is 11.1 Å². The van der Waals surface area contributed by atoms with Gasteiger partial charge in [-0.2, -0.15) is 0 Å². The molecule has 0 aromatic rings. The fourth-order valence-corrected chi connectivity index (χ4v) is 1.63. The molecule has 4 nitrogen and oxygen atoms in total. The molecule has 3 N–H and O–H groups in total. The van der Waals surface area contributed by atoms with Crippen LogP contribution in [0.5, 0.6) is 0 Å². The maximum Gasteiger partial charge on any atom is 0.223 e. The van der Waals surface area contributed by atoms with Crippen molar-refractivity contribution in [3.8, 4) is 0 Å². The molecule has 0 saturated heterocycles. The first-order valence-electron chi connectivity index (χ1n) is 5.27. The molecule has 1 rings (SSSR count). The van der Waals surface area contributed by atoms with Gasteiger partial charge in [-0.1, -0.05) is 0 Å². The lowest BCUT2D eigenvalue weighted by Gasteiger charge is -2.31. The number of rotatable bonds is 5. The second-order valence-corrected chi connectivity index (χ2v) is 4.38. The van der Waals surface area contributed by atoms with Crippen molar-refractivity contribution in [1.29, 1.82) is 0 Å². The molecular weight excluding hydrogens is 178 g/mol. The summed E-state index contributed by atoms with van der Waals surface area (Å²) in [6, 6.07) is 0.257. The van der Waals surface area contributed by atoms with Crippen LogP contribution in [0, 0.1) is 5.92 Å². The van der Waals surface area contributed by atoms with Crippen LogP contribution in [0.15, 0.2) is 0 Å². The Morgan fingerprint density at radius 3 is 2.64 bits per heavy atom. The molecule has 0 bridgehead atoms. The highest BCUT2D eigenvalue weighted by Crippen LogP contribution is 2.25. The van der Waals surface area contributed by atoms with Crippen LogP contribution >= 0.6 is 0 Å². The molecule has 1 aliphatic carbocycles. The Hall–Kier alpha value is -0.610. The third kappa shape index (κ3) is 3.64. The summed E-state index contributed by atoms with van der Waals surface area (Å²) >= 11 is 0. The van der Waals surface area contributed by atoms with Crippen molar-refractivity contribution in [1.82, 2.24) is 10.2 Å². The molecule has 0 heterocycles. The van der Waals surface area contributed by atoms with Crippen LogP contribution in [0.4, 0.5) is 0 Å². The highest BCUT2D eigenvalue weighted by atomic mass is 16.1. The monoisotopic (exact) mass is 199 g/mol. The number of hydrogen-bond donors (Lipinski definition) is 2. The molecule has 4 heteroatoms. The van der Waals surface area contributed by atoms with Gasteiger partial charge in [0.25, 0.3) is 0 Å². The Morgan fingerprint density at radius 2 is 2.14 bits per heavy atom. The second kappa shape index (κ2) is 5.32. The van der Waals surface area contributed by atoms with E-state index in [0.717, 1.165) is 32.4 Å². The number of carbonyl (C=O) groups excluding carboxylic acids is 1. The van der Waals surface area contributed by atoms with Crippen molar-refractivity contribution in [2.24, 2.45) is 11.7 Å². The molecule has 0 aromatic carbocycles. The maximum atomic E-state index is 11.4. The van der Waals surface area contributed by atoms with Gasteiger partial charge < -0.3 is 16.0 Å². The predicted octanol–water partition coefficient (Wildman–Crippen LogP) is -0.208. The molecule has 1 aliphatic rings. The third-order valence-electron chi connectivity index (χ3n) is 2.63. The van der Waals surface area contributed by atoms with E-state index in [1.807, 2.05) is 14.1 Å². The van der Waals surface area contributed by atoms with Gasteiger partial charge in [0.1, 0.15) is 0 Å². The normalized spacial score (nSPS) is 26.0. The van der Waals surface area contributed by atoms with E-state index in [1.54, 1.807) is 0 Å². The third-order valence-corrected chi connectivity index (χ3v) is 2.63. The van der Waals surface area contributed by atoms with Crippen molar-refractivity contribution in [2.75, 3.05) is 27.2 Å². The highest BCUT2D eigenvalue weighted by molar-refractivity contribution is 5.79. The number of hydrogen-bond acceptors (Lipinski definition) is 3. The zero-order valence-corrected chi connectivity index (χ0v) is 9.12. The zero-order chi connectivity index (χ0) is 10.6. The first-order chi connectivity index (χ1) is 6.59. The van der Waals surface area contributed by atoms with Gasteiger partial charge in [-0.15, -0.1) is 0 Å². The van der Waals surface area contributed by atoms with Gasteiger partial charge in [-0.05, 0) is 39.9 Å². The first-order valence-corrected chi connectivity index (χ1v) is 5.27. The topological polar surface area (TPSA) is 58.4 Å². The summed E-state index contributed by atoms with van der Waals surface area (Å²) in [5.41, 5.74) is 5.61. The van der Waals surface area contributed by atoms with Gasteiger partial charge in [-0.25, -0.2) is 0 Å². The van der Waals surface area contributed by atoms with Gasteiger partial charge >= 0.3 is 0 Å². The second-order valence-electron chi connectivity index (χ2n) is 4.38. The first kappa shape index (κ1) is 11.5. The molecule has 0 atom stereocenters. The Balaban J connectivity index is 1.99. The van der Waals surface area contributed by atoms with Gasteiger partial charge in [-0.3, -0.25) is 4.79 Å². The van der Waals surface area contributed by atoms with E-state index in [9.17, 15) is 4.79 Å². The van der Waals surface area contributed by atoms with E-state index in [4.69, 9.17) is 5.73 Å². The number of carbonyl (C=O) groups is 1. The van der Waals surface area contributed by atoms with Crippen molar-refractivity contribution >= 4 is 5.91 Å². The Labute approximate surface area is 85.8 Å². The van der Waals surface area contributed by atoms with E-state index in [2.05, 4.69) is 10.2 Å². The minimum Gasteiger partial charge on any atom is -0.356 e. The van der Waals surface area contributed by atoms with Crippen molar-refractivity contribution in [2.45, 2.75) is 25.3 Å². The Morgan fingerprint density at radius 1 is 1.50 bits per heavy atom. The van der Waals surface area contributed by atoms with Gasteiger partial charge in [0.15, 0.2) is 0 Å². The lowest BCUT2D eigenvalue weighted by Crippen LogP contribution is -2.45. The summed E-state index contributed by atoms with van der Waals surface area (Å²) in [5, 5.41) is 2.94. The molecule has 1 saturated carbocycles. The SMILES string of the molecule is CN(C)CCCNC(=O)C1CC(N)C1. The molecule has 1 fully saturated rings. The fraction of sp³-hybridized carbons (Fsp3) is 0.900. The van der Waals surface area contributed by atoms with Crippen LogP contribution in [0.1, 0.15) is 19.3 Å². The van der Waals surface area contributed by atoms with Crippen molar-refractivity contribution in [3.63, 3.8) is 0 Å². The van der Waals surface area contributed by atoms with Crippen molar-refractivity contribution < 1.29 is 4.79 Å². The number of nitrogens with zero attached hydrogens (tertiary/aromatic N) is 1. The van der Waals surface area contributed by atoms with Crippen molar-refractivity contribution in [3.05, 3.63) is 0 Å². The quantitative estimate of drug-likeness (QED) is 0.602. The molecule has 0 aliphatic heterocycles. The minimum atomic E-state index is 0.185. The zero-order valence-electron chi connectivity index (χ0n) is 9.12. The lowest BCUT2D eigenvalue weighted by molar-refractivity contribution is -0.127. The number of nitrogens with two attached hydrogens (primary N) is 1. The van der Waals surface area contributed by atoms with Gasteiger partial charge in [0, 0.05) is 18.5 Å². The minimum absolute atomic E-state index is 0.185. The van der Waals surface area contributed by atoms with Crippen LogP contribution in [-0.2, 0) is 4.79 Å². The standard InChI is InChI=1S/C10H21N3O/c1-13(2)5-3-4-12-10(14)8-6-9(11)7-8/h8-9H,3-7,11H2,1-2H3,(H,12,14). The van der Waals surface area contributed by atoms with Crippen LogP contribution in [0.25, 0.3) is 0 Å². The largest absolute Gasteiger partial charge is 0.356 e. The molecule has 14 heavy (non-hydrogen) atoms. The summed E-state index contributed by atoms with van der Waals surface area (Å²) in [6.07, 6.45) is 2.73. The molecule has 0 aromatic heterocycles. The molecule has 0 spiro atoms. The van der Waals surface area contributed by atoms with E-state index in [0.29, 0.717) is 0 Å². The van der Waals surface area contributed by atoms with Gasteiger partial charge in [0.2, 0.25) is 5.91 Å². The predicted molar refractivity (Wildman–Crippen MR) is 56.9 cm³/mol. The maximum absolute atomic E-state index is 11.4. The smallest absolute Gasteiger partial charge is 0.223 e. The lowest BCUT2D eigenvalue weighted by atomic mass is 9.80. The van der Waals surface area contributed by atoms with E-state index in [1.165, 1.54) is 0 Å². The molecular formula is C10H21N3O. The van der Waals surface area contributed by atoms with E-state index in [-0.39, 0.29) is 17.9 Å². The number of nitrogens with one attached hydrogen (secondary N) is 1. The average Bonchev–Trinajstić information content (AvgIpc) is 2.06. The summed E-state index contributed by atoms with van der Waals surface area (Å²) in [5.74, 6) is 0.370. The molecule has 0 radical (unpaired) electrons. The van der Waals surface area contributed by atoms with Crippen LogP contribution in [0.2, 0.25) is 0 Å². The highest BCUT2D eigenvalue weighted by Gasteiger charge is 2.31.